The zero-order valence-electron chi connectivity index (χ0n) is 15.1. The van der Waals surface area contributed by atoms with Gasteiger partial charge in [-0.3, -0.25) is 4.79 Å². The van der Waals surface area contributed by atoms with Crippen LogP contribution in [0.1, 0.15) is 31.8 Å². The van der Waals surface area contributed by atoms with Gasteiger partial charge in [-0.25, -0.2) is 10.2 Å². The molecule has 28 heavy (non-hydrogen) atoms. The number of carbonyl (C=O) groups is 2. The molecule has 0 spiro atoms. The van der Waals surface area contributed by atoms with E-state index in [-0.39, 0.29) is 11.3 Å². The largest absolute Gasteiger partial charge is 0.507 e. The lowest BCUT2D eigenvalue weighted by Crippen LogP contribution is -2.17. The number of aromatic hydroxyl groups is 1. The fourth-order valence-corrected chi connectivity index (χ4v) is 2.45. The number of esters is 1. The number of para-hydroxylation sites is 1. The van der Waals surface area contributed by atoms with Gasteiger partial charge in [0.25, 0.3) is 5.91 Å². The number of hydrogen-bond acceptors (Lipinski definition) is 5. The smallest absolute Gasteiger partial charge is 0.343 e. The summed E-state index contributed by atoms with van der Waals surface area (Å²) in [5.74, 6) is -0.657. The molecule has 0 saturated heterocycles. The summed E-state index contributed by atoms with van der Waals surface area (Å²) in [6.07, 6.45) is 1.45. The average molecular weight is 374 g/mol. The highest BCUT2D eigenvalue weighted by Gasteiger charge is 2.09. The number of ether oxygens (including phenoxy) is 1. The van der Waals surface area contributed by atoms with Crippen molar-refractivity contribution in [1.82, 2.24) is 5.43 Å². The van der Waals surface area contributed by atoms with E-state index < -0.39 is 11.9 Å². The quantitative estimate of drug-likeness (QED) is 0.309. The number of aryl methyl sites for hydroxylation is 1. The first-order valence-electron chi connectivity index (χ1n) is 8.53. The predicted molar refractivity (Wildman–Crippen MR) is 106 cm³/mol. The van der Waals surface area contributed by atoms with E-state index in [0.717, 1.165) is 5.56 Å². The zero-order valence-corrected chi connectivity index (χ0v) is 15.1. The maximum atomic E-state index is 12.1. The van der Waals surface area contributed by atoms with E-state index >= 15 is 0 Å². The third-order valence-corrected chi connectivity index (χ3v) is 3.87. The lowest BCUT2D eigenvalue weighted by Gasteiger charge is -2.05. The Bertz CT molecular complexity index is 1030. The van der Waals surface area contributed by atoms with Gasteiger partial charge in [0.15, 0.2) is 0 Å². The van der Waals surface area contributed by atoms with Crippen molar-refractivity contribution < 1.29 is 19.4 Å². The summed E-state index contributed by atoms with van der Waals surface area (Å²) < 4.78 is 5.34. The van der Waals surface area contributed by atoms with Crippen molar-refractivity contribution >= 4 is 18.1 Å². The van der Waals surface area contributed by atoms with Crippen molar-refractivity contribution in [3.05, 3.63) is 95.1 Å². The Morgan fingerprint density at radius 3 is 2.46 bits per heavy atom. The van der Waals surface area contributed by atoms with E-state index in [9.17, 15) is 14.7 Å². The number of rotatable bonds is 5. The highest BCUT2D eigenvalue weighted by molar-refractivity contribution is 5.97. The van der Waals surface area contributed by atoms with Gasteiger partial charge in [-0.05, 0) is 61.0 Å². The second kappa shape index (κ2) is 8.64. The maximum absolute atomic E-state index is 12.1. The van der Waals surface area contributed by atoms with Crippen LogP contribution in [0.3, 0.4) is 0 Å². The normalized spacial score (nSPS) is 10.6. The lowest BCUT2D eigenvalue weighted by atomic mass is 10.1. The van der Waals surface area contributed by atoms with Crippen LogP contribution in [0, 0.1) is 6.92 Å². The summed E-state index contributed by atoms with van der Waals surface area (Å²) in [5.41, 5.74) is 4.65. The van der Waals surface area contributed by atoms with Crippen LogP contribution in [0.2, 0.25) is 0 Å². The number of benzene rings is 3. The van der Waals surface area contributed by atoms with Gasteiger partial charge in [0, 0.05) is 0 Å². The Hall–Kier alpha value is -3.93. The molecule has 0 radical (unpaired) electrons. The third kappa shape index (κ3) is 4.82. The van der Waals surface area contributed by atoms with Gasteiger partial charge in [0.05, 0.1) is 17.3 Å². The Morgan fingerprint density at radius 1 is 1.00 bits per heavy atom. The number of amides is 1. The van der Waals surface area contributed by atoms with Crippen LogP contribution in [0.15, 0.2) is 77.9 Å². The first kappa shape index (κ1) is 18.8. The summed E-state index contributed by atoms with van der Waals surface area (Å²) in [6.45, 7) is 1.91. The molecule has 1 amide bonds. The van der Waals surface area contributed by atoms with Crippen LogP contribution in [0.4, 0.5) is 0 Å². The van der Waals surface area contributed by atoms with Gasteiger partial charge in [-0.15, -0.1) is 0 Å². The van der Waals surface area contributed by atoms with Crippen LogP contribution in [0.25, 0.3) is 0 Å². The molecule has 0 aromatic heterocycles. The minimum absolute atomic E-state index is 0.116. The fraction of sp³-hybridized carbons (Fsp3) is 0.0455. The number of nitrogens with one attached hydrogen (secondary N) is 1. The maximum Gasteiger partial charge on any atom is 0.343 e. The van der Waals surface area contributed by atoms with Gasteiger partial charge >= 0.3 is 5.97 Å². The third-order valence-electron chi connectivity index (χ3n) is 3.87. The van der Waals surface area contributed by atoms with Gasteiger partial charge in [-0.2, -0.15) is 5.10 Å². The van der Waals surface area contributed by atoms with E-state index in [2.05, 4.69) is 10.5 Å². The minimum atomic E-state index is -0.516. The molecule has 0 aliphatic heterocycles. The van der Waals surface area contributed by atoms with Gasteiger partial charge in [0.1, 0.15) is 11.5 Å². The van der Waals surface area contributed by atoms with Gasteiger partial charge in [0.2, 0.25) is 0 Å². The SMILES string of the molecule is Cc1cccc(C(=O)Oc2ccc(C=NNC(=O)c3ccccc3O)cc2)c1. The summed E-state index contributed by atoms with van der Waals surface area (Å²) in [4.78, 5) is 24.1. The number of hydrogen-bond donors (Lipinski definition) is 2. The zero-order chi connectivity index (χ0) is 19.9. The van der Waals surface area contributed by atoms with Crippen molar-refractivity contribution in [1.29, 1.82) is 0 Å². The molecule has 0 saturated carbocycles. The van der Waals surface area contributed by atoms with Crippen LogP contribution < -0.4 is 10.2 Å². The first-order valence-corrected chi connectivity index (χ1v) is 8.53. The van der Waals surface area contributed by atoms with Crippen molar-refractivity contribution in [3.8, 4) is 11.5 Å². The Morgan fingerprint density at radius 2 is 1.75 bits per heavy atom. The average Bonchev–Trinajstić information content (AvgIpc) is 2.69. The Balaban J connectivity index is 1.58. The molecular weight excluding hydrogens is 356 g/mol. The number of phenolic OH excluding ortho intramolecular Hbond substituents is 1. The van der Waals surface area contributed by atoms with E-state index in [1.807, 2.05) is 13.0 Å². The van der Waals surface area contributed by atoms with Crippen molar-refractivity contribution in [2.45, 2.75) is 6.92 Å². The van der Waals surface area contributed by atoms with E-state index in [1.165, 1.54) is 18.3 Å². The Kier molecular flexibility index (Phi) is 5.81. The molecule has 140 valence electrons. The van der Waals surface area contributed by atoms with Gasteiger partial charge in [-0.1, -0.05) is 29.8 Å². The van der Waals surface area contributed by atoms with Crippen molar-refractivity contribution in [2.75, 3.05) is 0 Å². The molecule has 0 unspecified atom stereocenters. The highest BCUT2D eigenvalue weighted by atomic mass is 16.5. The second-order valence-electron chi connectivity index (χ2n) is 6.04. The molecule has 0 fully saturated rings. The van der Waals surface area contributed by atoms with Crippen LogP contribution in [-0.4, -0.2) is 23.2 Å². The molecule has 0 heterocycles. The molecule has 6 heteroatoms. The standard InChI is InChI=1S/C22H18N2O4/c1-15-5-4-6-17(13-15)22(27)28-18-11-9-16(10-12-18)14-23-24-21(26)19-7-2-3-8-20(19)25/h2-14,25H,1H3,(H,24,26). The van der Waals surface area contributed by atoms with Crippen LogP contribution in [0.5, 0.6) is 11.5 Å². The second-order valence-corrected chi connectivity index (χ2v) is 6.04. The molecule has 3 aromatic carbocycles. The lowest BCUT2D eigenvalue weighted by molar-refractivity contribution is 0.0734. The molecule has 0 aliphatic rings. The van der Waals surface area contributed by atoms with Crippen molar-refractivity contribution in [2.24, 2.45) is 5.10 Å². The van der Waals surface area contributed by atoms with E-state index in [4.69, 9.17) is 4.74 Å². The molecule has 3 aromatic rings. The number of hydrazone groups is 1. The molecule has 2 N–H and O–H groups in total. The monoisotopic (exact) mass is 374 g/mol. The van der Waals surface area contributed by atoms with Crippen LogP contribution in [-0.2, 0) is 0 Å². The summed E-state index contributed by atoms with van der Waals surface area (Å²) in [7, 11) is 0. The first-order chi connectivity index (χ1) is 13.5. The van der Waals surface area contributed by atoms with Crippen LogP contribution >= 0.6 is 0 Å². The molecule has 3 rings (SSSR count). The summed E-state index contributed by atoms with van der Waals surface area (Å²) in [6, 6.07) is 20.0. The molecule has 6 nitrogen and oxygen atoms in total. The summed E-state index contributed by atoms with van der Waals surface area (Å²) in [5, 5.41) is 13.5. The molecule has 0 atom stereocenters. The number of phenols is 1. The fourth-order valence-electron chi connectivity index (χ4n) is 2.45. The topological polar surface area (TPSA) is 88.0 Å². The minimum Gasteiger partial charge on any atom is -0.507 e. The molecular formula is C22H18N2O4. The van der Waals surface area contributed by atoms with Crippen molar-refractivity contribution in [3.63, 3.8) is 0 Å². The predicted octanol–water partition coefficient (Wildman–Crippen LogP) is 3.68. The van der Waals surface area contributed by atoms with Gasteiger partial charge < -0.3 is 9.84 Å². The number of nitrogens with zero attached hydrogens (tertiary/aromatic N) is 1. The summed E-state index contributed by atoms with van der Waals surface area (Å²) >= 11 is 0. The molecule has 0 aliphatic carbocycles. The molecule has 0 bridgehead atoms. The number of carbonyl (C=O) groups excluding carboxylic acids is 2. The highest BCUT2D eigenvalue weighted by Crippen LogP contribution is 2.16. The van der Waals surface area contributed by atoms with E-state index in [1.54, 1.807) is 54.6 Å². The van der Waals surface area contributed by atoms with E-state index in [0.29, 0.717) is 16.9 Å². The Labute approximate surface area is 162 Å².